The molecule has 1 aromatic heterocycles. The topological polar surface area (TPSA) is 58.0 Å². The van der Waals surface area contributed by atoms with Gasteiger partial charge in [0, 0.05) is 11.9 Å². The SMILES string of the molecule is CNC(CO)(CCSc1ccncn1)c1ccccc1. The molecule has 0 bridgehead atoms. The van der Waals surface area contributed by atoms with E-state index >= 15 is 0 Å². The molecule has 106 valence electrons. The molecule has 0 saturated carbocycles. The van der Waals surface area contributed by atoms with Gasteiger partial charge >= 0.3 is 0 Å². The Morgan fingerprint density at radius 3 is 2.65 bits per heavy atom. The lowest BCUT2D eigenvalue weighted by atomic mass is 9.88. The second kappa shape index (κ2) is 7.38. The Labute approximate surface area is 123 Å². The van der Waals surface area contributed by atoms with E-state index in [2.05, 4.69) is 15.3 Å². The third-order valence-corrected chi connectivity index (χ3v) is 4.35. The average molecular weight is 289 g/mol. The minimum absolute atomic E-state index is 0.0673. The molecule has 0 amide bonds. The molecule has 0 spiro atoms. The number of aliphatic hydroxyl groups excluding tert-OH is 1. The molecule has 2 N–H and O–H groups in total. The van der Waals surface area contributed by atoms with Gasteiger partial charge in [-0.1, -0.05) is 30.3 Å². The summed E-state index contributed by atoms with van der Waals surface area (Å²) in [5, 5.41) is 14.1. The summed E-state index contributed by atoms with van der Waals surface area (Å²) in [5.41, 5.74) is 0.703. The van der Waals surface area contributed by atoms with Crippen molar-refractivity contribution in [3.63, 3.8) is 0 Å². The van der Waals surface area contributed by atoms with E-state index in [0.717, 1.165) is 22.8 Å². The van der Waals surface area contributed by atoms with Gasteiger partial charge in [0.25, 0.3) is 0 Å². The van der Waals surface area contributed by atoms with Crippen molar-refractivity contribution in [1.29, 1.82) is 0 Å². The van der Waals surface area contributed by atoms with Crippen LogP contribution in [0.3, 0.4) is 0 Å². The van der Waals surface area contributed by atoms with Gasteiger partial charge in [0.05, 0.1) is 17.2 Å². The number of thioether (sulfide) groups is 1. The molecular formula is C15H19N3OS. The van der Waals surface area contributed by atoms with Gasteiger partial charge in [-0.2, -0.15) is 0 Å². The molecule has 0 radical (unpaired) electrons. The van der Waals surface area contributed by atoms with Gasteiger partial charge in [0.15, 0.2) is 0 Å². The molecule has 2 rings (SSSR count). The molecular weight excluding hydrogens is 270 g/mol. The van der Waals surface area contributed by atoms with Crippen LogP contribution in [0.5, 0.6) is 0 Å². The Morgan fingerprint density at radius 1 is 1.25 bits per heavy atom. The van der Waals surface area contributed by atoms with Crippen LogP contribution >= 0.6 is 11.8 Å². The zero-order valence-corrected chi connectivity index (χ0v) is 12.3. The van der Waals surface area contributed by atoms with Crippen LogP contribution in [-0.2, 0) is 5.54 Å². The fourth-order valence-electron chi connectivity index (χ4n) is 2.11. The summed E-state index contributed by atoms with van der Waals surface area (Å²) in [7, 11) is 1.89. The highest BCUT2D eigenvalue weighted by atomic mass is 32.2. The van der Waals surface area contributed by atoms with E-state index in [4.69, 9.17) is 0 Å². The number of likely N-dealkylation sites (N-methyl/N-ethyl adjacent to an activating group) is 1. The molecule has 5 heteroatoms. The van der Waals surface area contributed by atoms with Crippen LogP contribution in [0.4, 0.5) is 0 Å². The number of aromatic nitrogens is 2. The van der Waals surface area contributed by atoms with Crippen molar-refractivity contribution >= 4 is 11.8 Å². The summed E-state index contributed by atoms with van der Waals surface area (Å²) >= 11 is 1.67. The molecule has 0 aliphatic heterocycles. The van der Waals surface area contributed by atoms with Gasteiger partial charge in [-0.05, 0) is 25.1 Å². The minimum atomic E-state index is -0.401. The largest absolute Gasteiger partial charge is 0.394 e. The van der Waals surface area contributed by atoms with Crippen LogP contribution in [0, 0.1) is 0 Å². The monoisotopic (exact) mass is 289 g/mol. The summed E-state index contributed by atoms with van der Waals surface area (Å²) in [5.74, 6) is 0.868. The molecule has 0 aliphatic carbocycles. The highest BCUT2D eigenvalue weighted by molar-refractivity contribution is 7.99. The molecule has 1 atom stereocenters. The fraction of sp³-hybridized carbons (Fsp3) is 0.333. The Balaban J connectivity index is 2.03. The third-order valence-electron chi connectivity index (χ3n) is 3.41. The van der Waals surface area contributed by atoms with Crippen molar-refractivity contribution in [2.24, 2.45) is 0 Å². The number of hydrogen-bond acceptors (Lipinski definition) is 5. The summed E-state index contributed by atoms with van der Waals surface area (Å²) in [6, 6.07) is 12.0. The molecule has 20 heavy (non-hydrogen) atoms. The number of aliphatic hydroxyl groups is 1. The first kappa shape index (κ1) is 15.0. The molecule has 0 fully saturated rings. The molecule has 1 aromatic carbocycles. The van der Waals surface area contributed by atoms with Gasteiger partial charge in [0.1, 0.15) is 6.33 Å². The van der Waals surface area contributed by atoms with E-state index in [9.17, 15) is 5.11 Å². The fourth-order valence-corrected chi connectivity index (χ4v) is 3.05. The number of benzene rings is 1. The lowest BCUT2D eigenvalue weighted by molar-refractivity contribution is 0.165. The zero-order chi connectivity index (χ0) is 14.3. The molecule has 0 aliphatic rings. The first-order valence-corrected chi connectivity index (χ1v) is 7.53. The smallest absolute Gasteiger partial charge is 0.116 e. The highest BCUT2D eigenvalue weighted by Gasteiger charge is 2.29. The summed E-state index contributed by atoms with van der Waals surface area (Å²) in [6.07, 6.45) is 4.11. The van der Waals surface area contributed by atoms with Gasteiger partial charge in [-0.15, -0.1) is 11.8 Å². The second-order valence-corrected chi connectivity index (χ2v) is 5.62. The van der Waals surface area contributed by atoms with Crippen LogP contribution < -0.4 is 5.32 Å². The van der Waals surface area contributed by atoms with E-state index in [1.807, 2.05) is 43.4 Å². The van der Waals surface area contributed by atoms with Crippen molar-refractivity contribution in [3.05, 3.63) is 54.5 Å². The van der Waals surface area contributed by atoms with Crippen LogP contribution in [-0.4, -0.2) is 34.5 Å². The van der Waals surface area contributed by atoms with Gasteiger partial charge in [-0.3, -0.25) is 0 Å². The van der Waals surface area contributed by atoms with E-state index in [0.29, 0.717) is 0 Å². The van der Waals surface area contributed by atoms with Gasteiger partial charge in [-0.25, -0.2) is 9.97 Å². The highest BCUT2D eigenvalue weighted by Crippen LogP contribution is 2.27. The Hall–Kier alpha value is -1.43. The van der Waals surface area contributed by atoms with Crippen molar-refractivity contribution in [2.45, 2.75) is 17.0 Å². The Kier molecular flexibility index (Phi) is 5.52. The molecule has 1 unspecified atom stereocenters. The maximum Gasteiger partial charge on any atom is 0.116 e. The van der Waals surface area contributed by atoms with Crippen molar-refractivity contribution < 1.29 is 5.11 Å². The van der Waals surface area contributed by atoms with Crippen LogP contribution in [0.25, 0.3) is 0 Å². The molecule has 1 heterocycles. The molecule has 4 nitrogen and oxygen atoms in total. The van der Waals surface area contributed by atoms with Gasteiger partial charge < -0.3 is 10.4 Å². The quantitative estimate of drug-likeness (QED) is 0.603. The summed E-state index contributed by atoms with van der Waals surface area (Å²) < 4.78 is 0. The second-order valence-electron chi connectivity index (χ2n) is 4.50. The number of hydrogen-bond donors (Lipinski definition) is 2. The number of nitrogens with one attached hydrogen (secondary N) is 1. The number of rotatable bonds is 7. The standard InChI is InChI=1S/C15H19N3OS/c1-16-15(11-19,13-5-3-2-4-6-13)8-10-20-14-7-9-17-12-18-14/h2-7,9,12,16,19H,8,10-11H2,1H3. The first-order chi connectivity index (χ1) is 9.80. The lowest BCUT2D eigenvalue weighted by Crippen LogP contribution is -2.44. The van der Waals surface area contributed by atoms with Crippen molar-refractivity contribution in [3.8, 4) is 0 Å². The normalized spacial score (nSPS) is 13.9. The summed E-state index contributed by atoms with van der Waals surface area (Å²) in [6.45, 7) is 0.0673. The van der Waals surface area contributed by atoms with E-state index in [1.165, 1.54) is 0 Å². The first-order valence-electron chi connectivity index (χ1n) is 6.55. The maximum atomic E-state index is 9.83. The predicted octanol–water partition coefficient (Wildman–Crippen LogP) is 2.07. The average Bonchev–Trinajstić information content (AvgIpc) is 2.54. The Morgan fingerprint density at radius 2 is 2.05 bits per heavy atom. The van der Waals surface area contributed by atoms with E-state index in [1.54, 1.807) is 24.3 Å². The minimum Gasteiger partial charge on any atom is -0.394 e. The van der Waals surface area contributed by atoms with Gasteiger partial charge in [0.2, 0.25) is 0 Å². The predicted molar refractivity (Wildman–Crippen MR) is 81.6 cm³/mol. The van der Waals surface area contributed by atoms with Crippen LogP contribution in [0.2, 0.25) is 0 Å². The van der Waals surface area contributed by atoms with Crippen LogP contribution in [0.15, 0.2) is 53.9 Å². The van der Waals surface area contributed by atoms with Crippen molar-refractivity contribution in [2.75, 3.05) is 19.4 Å². The summed E-state index contributed by atoms with van der Waals surface area (Å²) in [4.78, 5) is 8.10. The van der Waals surface area contributed by atoms with E-state index in [-0.39, 0.29) is 6.61 Å². The third kappa shape index (κ3) is 3.56. The van der Waals surface area contributed by atoms with Crippen LogP contribution in [0.1, 0.15) is 12.0 Å². The molecule has 0 saturated heterocycles. The lowest BCUT2D eigenvalue weighted by Gasteiger charge is -2.32. The number of nitrogens with zero attached hydrogens (tertiary/aromatic N) is 2. The molecule has 2 aromatic rings. The van der Waals surface area contributed by atoms with Crippen molar-refractivity contribution in [1.82, 2.24) is 15.3 Å². The van der Waals surface area contributed by atoms with E-state index < -0.39 is 5.54 Å². The Bertz CT molecular complexity index is 503. The zero-order valence-electron chi connectivity index (χ0n) is 11.5. The maximum absolute atomic E-state index is 9.83.